The van der Waals surface area contributed by atoms with Crippen LogP contribution in [0, 0.1) is 35.5 Å². The number of hydrogen-bond acceptors (Lipinski definition) is 2. The lowest BCUT2D eigenvalue weighted by Crippen LogP contribution is -2.47. The minimum absolute atomic E-state index is 0.818. The Kier molecular flexibility index (Phi) is 4.65. The first-order valence-electron chi connectivity index (χ1n) is 10.3. The van der Waals surface area contributed by atoms with E-state index in [4.69, 9.17) is 0 Å². The van der Waals surface area contributed by atoms with E-state index in [1.807, 2.05) is 0 Å². The van der Waals surface area contributed by atoms with E-state index in [0.29, 0.717) is 0 Å². The molecule has 0 radical (unpaired) electrons. The summed E-state index contributed by atoms with van der Waals surface area (Å²) in [6.07, 6.45) is 5.28. The van der Waals surface area contributed by atoms with E-state index in [0.717, 1.165) is 57.1 Å². The average Bonchev–Trinajstić information content (AvgIpc) is 3.18. The van der Waals surface area contributed by atoms with Crippen LogP contribution in [-0.4, -0.2) is 18.6 Å². The van der Waals surface area contributed by atoms with E-state index in [1.165, 1.54) is 0 Å². The third-order valence-corrected chi connectivity index (χ3v) is 17.2. The van der Waals surface area contributed by atoms with Gasteiger partial charge in [0.05, 0.1) is 8.07 Å². The van der Waals surface area contributed by atoms with Crippen molar-refractivity contribution in [3.63, 3.8) is 0 Å². The van der Waals surface area contributed by atoms with Crippen molar-refractivity contribution >= 4 is 31.6 Å². The topological polar surface area (TPSA) is 0 Å². The molecule has 0 N–H and O–H groups in total. The molecule has 0 saturated heterocycles. The van der Waals surface area contributed by atoms with Crippen LogP contribution in [0.1, 0.15) is 41.5 Å². The van der Waals surface area contributed by atoms with E-state index in [-0.39, 0.29) is 0 Å². The fourth-order valence-corrected chi connectivity index (χ4v) is 18.7. The molecular formula is C22H36S2Si. The van der Waals surface area contributed by atoms with E-state index in [1.54, 1.807) is 9.81 Å². The standard InChI is InChI=1S/C22H36S2Si/c1-11-9-17-18-10-12(2)24-20(18)22(19(17)23-11)25(7,8)21-15(5)13(3)14(4)16(21)6/h9-10,13-22H,1-8H3. The molecule has 25 heavy (non-hydrogen) atoms. The van der Waals surface area contributed by atoms with Crippen LogP contribution in [0.2, 0.25) is 24.2 Å². The molecule has 8 atom stereocenters. The molecule has 2 saturated carbocycles. The van der Waals surface area contributed by atoms with Crippen molar-refractivity contribution < 1.29 is 0 Å². The molecule has 140 valence electrons. The Hall–Kier alpha value is 0.397. The number of fused-ring (bicyclic) bond motifs is 3. The third-order valence-electron chi connectivity index (χ3n) is 8.75. The minimum atomic E-state index is -1.39. The lowest BCUT2D eigenvalue weighted by molar-refractivity contribution is 0.352. The van der Waals surface area contributed by atoms with Gasteiger partial charge in [-0.2, -0.15) is 0 Å². The Bertz CT molecular complexity index is 576. The molecule has 0 amide bonds. The Labute approximate surface area is 165 Å². The maximum atomic E-state index is 2.78. The molecule has 2 aliphatic carbocycles. The molecule has 0 aromatic rings. The molecule has 0 spiro atoms. The molecule has 2 fully saturated rings. The Morgan fingerprint density at radius 3 is 1.48 bits per heavy atom. The number of hydrogen-bond donors (Lipinski definition) is 0. The van der Waals surface area contributed by atoms with Gasteiger partial charge < -0.3 is 0 Å². The fraction of sp³-hybridized carbons (Fsp3) is 0.818. The smallest absolute Gasteiger partial charge is 0.0566 e. The summed E-state index contributed by atoms with van der Waals surface area (Å²) < 4.78 is 0. The van der Waals surface area contributed by atoms with Gasteiger partial charge in [-0.15, -0.1) is 23.5 Å². The molecule has 0 aromatic carbocycles. The normalized spacial score (nSPS) is 52.2. The largest absolute Gasteiger partial charge is 0.127 e. The monoisotopic (exact) mass is 392 g/mol. The Balaban J connectivity index is 1.71. The lowest BCUT2D eigenvalue weighted by Gasteiger charge is -2.45. The van der Waals surface area contributed by atoms with Crippen LogP contribution in [0.5, 0.6) is 0 Å². The van der Waals surface area contributed by atoms with Gasteiger partial charge in [0.25, 0.3) is 0 Å². The first kappa shape index (κ1) is 18.7. The predicted octanol–water partition coefficient (Wildman–Crippen LogP) is 7.28. The van der Waals surface area contributed by atoms with Gasteiger partial charge in [0.15, 0.2) is 0 Å². The van der Waals surface area contributed by atoms with Crippen LogP contribution in [0.3, 0.4) is 0 Å². The molecule has 0 nitrogen and oxygen atoms in total. The second kappa shape index (κ2) is 6.20. The van der Waals surface area contributed by atoms with Crippen molar-refractivity contribution in [2.24, 2.45) is 35.5 Å². The zero-order chi connectivity index (χ0) is 18.3. The molecule has 4 rings (SSSR count). The summed E-state index contributed by atoms with van der Waals surface area (Å²) in [5.41, 5.74) is 1.96. The summed E-state index contributed by atoms with van der Waals surface area (Å²) in [5, 5.41) is 1.75. The fourth-order valence-electron chi connectivity index (χ4n) is 7.38. The molecule has 2 heterocycles. The Morgan fingerprint density at radius 2 is 1.08 bits per heavy atom. The Morgan fingerprint density at radius 1 is 0.680 bits per heavy atom. The summed E-state index contributed by atoms with van der Waals surface area (Å²) in [4.78, 5) is 3.20. The molecular weight excluding hydrogens is 356 g/mol. The average molecular weight is 393 g/mol. The highest BCUT2D eigenvalue weighted by molar-refractivity contribution is 8.05. The van der Waals surface area contributed by atoms with Crippen LogP contribution >= 0.6 is 23.5 Å². The van der Waals surface area contributed by atoms with Crippen molar-refractivity contribution in [1.29, 1.82) is 0 Å². The zero-order valence-corrected chi connectivity index (χ0v) is 19.9. The van der Waals surface area contributed by atoms with Gasteiger partial charge in [-0.05, 0) is 70.2 Å². The second-order valence-corrected chi connectivity index (χ2v) is 18.0. The molecule has 3 heteroatoms. The van der Waals surface area contributed by atoms with Crippen LogP contribution in [0.25, 0.3) is 0 Å². The molecule has 0 aromatic heterocycles. The van der Waals surface area contributed by atoms with Gasteiger partial charge in [-0.3, -0.25) is 0 Å². The van der Waals surface area contributed by atoms with Gasteiger partial charge in [-0.1, -0.05) is 52.9 Å². The van der Waals surface area contributed by atoms with Crippen LogP contribution in [0.4, 0.5) is 0 Å². The number of rotatable bonds is 2. The van der Waals surface area contributed by atoms with Gasteiger partial charge in [-0.25, -0.2) is 0 Å². The first-order valence-corrected chi connectivity index (χ1v) is 15.3. The summed E-state index contributed by atoms with van der Waals surface area (Å²) in [6, 6.07) is 0. The van der Waals surface area contributed by atoms with Crippen molar-refractivity contribution in [2.75, 3.05) is 0 Å². The summed E-state index contributed by atoms with van der Waals surface area (Å²) in [5.74, 6) is 5.24. The maximum Gasteiger partial charge on any atom is 0.0566 e. The highest BCUT2D eigenvalue weighted by Crippen LogP contribution is 2.68. The van der Waals surface area contributed by atoms with Crippen molar-refractivity contribution in [2.45, 2.75) is 76.2 Å². The summed E-state index contributed by atoms with van der Waals surface area (Å²) >= 11 is 4.49. The van der Waals surface area contributed by atoms with E-state index >= 15 is 0 Å². The minimum Gasteiger partial charge on any atom is -0.127 e. The van der Waals surface area contributed by atoms with Crippen molar-refractivity contribution in [3.8, 4) is 0 Å². The molecule has 8 unspecified atom stereocenters. The highest BCUT2D eigenvalue weighted by atomic mass is 32.2. The third kappa shape index (κ3) is 2.62. The van der Waals surface area contributed by atoms with Gasteiger partial charge >= 0.3 is 0 Å². The van der Waals surface area contributed by atoms with E-state index in [9.17, 15) is 0 Å². The highest BCUT2D eigenvalue weighted by Gasteiger charge is 2.62. The maximum absolute atomic E-state index is 2.78. The first-order chi connectivity index (χ1) is 11.6. The quantitative estimate of drug-likeness (QED) is 0.453. The predicted molar refractivity (Wildman–Crippen MR) is 119 cm³/mol. The molecule has 4 aliphatic rings. The van der Waals surface area contributed by atoms with Crippen LogP contribution < -0.4 is 0 Å². The zero-order valence-electron chi connectivity index (χ0n) is 17.2. The number of allylic oxidation sites excluding steroid dienone is 4. The summed E-state index contributed by atoms with van der Waals surface area (Å²) in [6.45, 7) is 20.5. The second-order valence-electron chi connectivity index (χ2n) is 10.2. The summed E-state index contributed by atoms with van der Waals surface area (Å²) in [7, 11) is -1.39. The van der Waals surface area contributed by atoms with E-state index < -0.39 is 8.07 Å². The molecule has 0 bridgehead atoms. The van der Waals surface area contributed by atoms with Crippen molar-refractivity contribution in [1.82, 2.24) is 0 Å². The van der Waals surface area contributed by atoms with Crippen LogP contribution in [-0.2, 0) is 0 Å². The van der Waals surface area contributed by atoms with Crippen LogP contribution in [0.15, 0.2) is 22.0 Å². The SMILES string of the molecule is CC1=CC2C3C=C(C)SC3C([Si](C)(C)C3C(C)C(C)C(C)C3C)C2S1. The lowest BCUT2D eigenvalue weighted by atomic mass is 9.92. The van der Waals surface area contributed by atoms with Gasteiger partial charge in [0.2, 0.25) is 0 Å². The van der Waals surface area contributed by atoms with Crippen molar-refractivity contribution in [3.05, 3.63) is 22.0 Å². The van der Waals surface area contributed by atoms with Gasteiger partial charge in [0.1, 0.15) is 0 Å². The number of thioether (sulfide) groups is 2. The van der Waals surface area contributed by atoms with Gasteiger partial charge in [0, 0.05) is 10.5 Å². The molecule has 2 aliphatic heterocycles. The van der Waals surface area contributed by atoms with E-state index in [2.05, 4.69) is 90.3 Å².